The van der Waals surface area contributed by atoms with Crippen LogP contribution in [0.4, 0.5) is 13.2 Å². The fourth-order valence-electron chi connectivity index (χ4n) is 1.93. The standard InChI is InChI=1S/C17H15F3O5S/c1-23-15-9-13(10-16(11-15)24-2)4-3-12-5-7-14(8-6-12)25-26(21,22)17(18,19)20/h3-11H,1-2H3. The highest BCUT2D eigenvalue weighted by molar-refractivity contribution is 7.88. The summed E-state index contributed by atoms with van der Waals surface area (Å²) in [6.45, 7) is 0. The molecule has 0 radical (unpaired) electrons. The molecule has 2 aromatic carbocycles. The van der Waals surface area contributed by atoms with E-state index in [0.717, 1.165) is 17.7 Å². The number of hydrogen-bond donors (Lipinski definition) is 0. The number of alkyl halides is 3. The fraction of sp³-hybridized carbons (Fsp3) is 0.176. The maximum atomic E-state index is 12.3. The Labute approximate surface area is 148 Å². The molecule has 0 atom stereocenters. The van der Waals surface area contributed by atoms with E-state index in [-0.39, 0.29) is 0 Å². The van der Waals surface area contributed by atoms with Crippen molar-refractivity contribution in [2.45, 2.75) is 5.51 Å². The largest absolute Gasteiger partial charge is 0.534 e. The van der Waals surface area contributed by atoms with Crippen LogP contribution < -0.4 is 13.7 Å². The lowest BCUT2D eigenvalue weighted by Crippen LogP contribution is -2.28. The van der Waals surface area contributed by atoms with Crippen molar-refractivity contribution in [2.24, 2.45) is 0 Å². The van der Waals surface area contributed by atoms with Gasteiger partial charge in [0.1, 0.15) is 17.2 Å². The van der Waals surface area contributed by atoms with E-state index in [1.165, 1.54) is 26.4 Å². The smallest absolute Gasteiger partial charge is 0.497 e. The van der Waals surface area contributed by atoms with Crippen molar-refractivity contribution in [3.8, 4) is 17.2 Å². The normalized spacial score (nSPS) is 12.2. The van der Waals surface area contributed by atoms with E-state index in [1.54, 1.807) is 30.4 Å². The zero-order valence-electron chi connectivity index (χ0n) is 13.8. The lowest BCUT2D eigenvalue weighted by molar-refractivity contribution is -0.0500. The maximum absolute atomic E-state index is 12.3. The summed E-state index contributed by atoms with van der Waals surface area (Å²) in [5, 5.41) is 0. The summed E-state index contributed by atoms with van der Waals surface area (Å²) >= 11 is 0. The van der Waals surface area contributed by atoms with Gasteiger partial charge in [-0.05, 0) is 35.4 Å². The second-order valence-corrected chi connectivity index (χ2v) is 6.57. The average molecular weight is 388 g/mol. The Bertz CT molecular complexity index is 865. The van der Waals surface area contributed by atoms with Gasteiger partial charge in [0, 0.05) is 6.07 Å². The molecule has 2 aromatic rings. The molecule has 2 rings (SSSR count). The third-order valence-corrected chi connectivity index (χ3v) is 4.19. The van der Waals surface area contributed by atoms with Crippen molar-refractivity contribution in [3.63, 3.8) is 0 Å². The average Bonchev–Trinajstić information content (AvgIpc) is 2.59. The van der Waals surface area contributed by atoms with Gasteiger partial charge in [-0.15, -0.1) is 0 Å². The molecule has 0 heterocycles. The monoisotopic (exact) mass is 388 g/mol. The van der Waals surface area contributed by atoms with E-state index in [9.17, 15) is 21.6 Å². The van der Waals surface area contributed by atoms with Gasteiger partial charge in [-0.2, -0.15) is 21.6 Å². The molecular formula is C17H15F3O5S. The van der Waals surface area contributed by atoms with Crippen molar-refractivity contribution < 1.29 is 35.2 Å². The van der Waals surface area contributed by atoms with E-state index < -0.39 is 21.4 Å². The minimum absolute atomic E-state index is 0.428. The van der Waals surface area contributed by atoms with Crippen molar-refractivity contribution in [3.05, 3.63) is 53.6 Å². The Balaban J connectivity index is 2.16. The minimum Gasteiger partial charge on any atom is -0.497 e. The molecule has 0 saturated carbocycles. The second kappa shape index (κ2) is 7.69. The van der Waals surface area contributed by atoms with Gasteiger partial charge in [-0.3, -0.25) is 0 Å². The first-order chi connectivity index (χ1) is 12.1. The highest BCUT2D eigenvalue weighted by Crippen LogP contribution is 2.27. The number of rotatable bonds is 6. The summed E-state index contributed by atoms with van der Waals surface area (Å²) in [4.78, 5) is 0. The second-order valence-electron chi connectivity index (χ2n) is 5.03. The molecule has 0 unspecified atom stereocenters. The molecule has 0 amide bonds. The Morgan fingerprint density at radius 2 is 1.31 bits per heavy atom. The predicted octanol–water partition coefficient (Wildman–Crippen LogP) is 4.10. The summed E-state index contributed by atoms with van der Waals surface area (Å²) in [5.74, 6) is 0.776. The van der Waals surface area contributed by atoms with Crippen LogP contribution in [0.5, 0.6) is 17.2 Å². The van der Waals surface area contributed by atoms with Crippen molar-refractivity contribution in [1.82, 2.24) is 0 Å². The van der Waals surface area contributed by atoms with E-state index in [2.05, 4.69) is 4.18 Å². The first-order valence-electron chi connectivity index (χ1n) is 7.16. The van der Waals surface area contributed by atoms with Crippen LogP contribution in [0.15, 0.2) is 42.5 Å². The highest BCUT2D eigenvalue weighted by Gasteiger charge is 2.48. The molecule has 0 aliphatic carbocycles. The van der Waals surface area contributed by atoms with Gasteiger partial charge >= 0.3 is 15.6 Å². The molecule has 5 nitrogen and oxygen atoms in total. The van der Waals surface area contributed by atoms with Crippen LogP contribution in [0.1, 0.15) is 11.1 Å². The highest BCUT2D eigenvalue weighted by atomic mass is 32.2. The lowest BCUT2D eigenvalue weighted by atomic mass is 10.1. The molecule has 9 heteroatoms. The summed E-state index contributed by atoms with van der Waals surface area (Å²) in [6, 6.07) is 10.4. The lowest BCUT2D eigenvalue weighted by Gasteiger charge is -2.09. The summed E-state index contributed by atoms with van der Waals surface area (Å²) in [7, 11) is -2.63. The first-order valence-corrected chi connectivity index (χ1v) is 8.57. The molecule has 0 bridgehead atoms. The molecule has 140 valence electrons. The third-order valence-electron chi connectivity index (χ3n) is 3.21. The molecule has 0 aliphatic heterocycles. The van der Waals surface area contributed by atoms with E-state index in [4.69, 9.17) is 9.47 Å². The van der Waals surface area contributed by atoms with Crippen molar-refractivity contribution in [2.75, 3.05) is 14.2 Å². The zero-order valence-corrected chi connectivity index (χ0v) is 14.6. The molecule has 0 aliphatic rings. The van der Waals surface area contributed by atoms with Gasteiger partial charge in [0.05, 0.1) is 14.2 Å². The Morgan fingerprint density at radius 3 is 1.77 bits per heavy atom. The minimum atomic E-state index is -5.68. The Hall–Kier alpha value is -2.68. The van der Waals surface area contributed by atoms with Gasteiger partial charge < -0.3 is 13.7 Å². The van der Waals surface area contributed by atoms with Crippen LogP contribution in [0.3, 0.4) is 0 Å². The summed E-state index contributed by atoms with van der Waals surface area (Å²) in [6.07, 6.45) is 3.43. The molecule has 0 N–H and O–H groups in total. The number of hydrogen-bond acceptors (Lipinski definition) is 5. The Kier molecular flexibility index (Phi) is 5.81. The van der Waals surface area contributed by atoms with Crippen LogP contribution >= 0.6 is 0 Å². The number of halogens is 3. The Morgan fingerprint density at radius 1 is 0.808 bits per heavy atom. The molecule has 0 spiro atoms. The molecule has 0 saturated heterocycles. The van der Waals surface area contributed by atoms with Gasteiger partial charge in [0.2, 0.25) is 0 Å². The van der Waals surface area contributed by atoms with Crippen LogP contribution in [0.25, 0.3) is 12.2 Å². The van der Waals surface area contributed by atoms with Gasteiger partial charge in [0.25, 0.3) is 0 Å². The van der Waals surface area contributed by atoms with Crippen LogP contribution in [0.2, 0.25) is 0 Å². The zero-order chi connectivity index (χ0) is 19.4. The van der Waals surface area contributed by atoms with Crippen molar-refractivity contribution in [1.29, 1.82) is 0 Å². The van der Waals surface area contributed by atoms with Gasteiger partial charge in [-0.1, -0.05) is 24.3 Å². The van der Waals surface area contributed by atoms with E-state index >= 15 is 0 Å². The number of ether oxygens (including phenoxy) is 2. The molecule has 0 aromatic heterocycles. The molecule has 26 heavy (non-hydrogen) atoms. The van der Waals surface area contributed by atoms with Gasteiger partial charge in [0.15, 0.2) is 0 Å². The topological polar surface area (TPSA) is 61.8 Å². The SMILES string of the molecule is COc1cc(C=Cc2ccc(OS(=O)(=O)C(F)(F)F)cc2)cc(OC)c1. The van der Waals surface area contributed by atoms with E-state index in [0.29, 0.717) is 17.1 Å². The number of benzene rings is 2. The summed E-state index contributed by atoms with van der Waals surface area (Å²) < 4.78 is 73.1. The van der Waals surface area contributed by atoms with Gasteiger partial charge in [-0.25, -0.2) is 0 Å². The third kappa shape index (κ3) is 4.92. The predicted molar refractivity (Wildman–Crippen MR) is 90.5 cm³/mol. The quantitative estimate of drug-likeness (QED) is 0.424. The van der Waals surface area contributed by atoms with Crippen molar-refractivity contribution >= 4 is 22.3 Å². The van der Waals surface area contributed by atoms with Crippen LogP contribution in [0, 0.1) is 0 Å². The van der Waals surface area contributed by atoms with E-state index in [1.807, 2.05) is 0 Å². The molecule has 0 fully saturated rings. The summed E-state index contributed by atoms with van der Waals surface area (Å²) in [5.41, 5.74) is -4.07. The fourth-order valence-corrected chi connectivity index (χ4v) is 2.39. The van der Waals surface area contributed by atoms with Crippen LogP contribution in [-0.4, -0.2) is 28.1 Å². The van der Waals surface area contributed by atoms with Crippen LogP contribution in [-0.2, 0) is 10.1 Å². The first kappa shape index (κ1) is 19.6. The molecular weight excluding hydrogens is 373 g/mol. The maximum Gasteiger partial charge on any atom is 0.534 e. The number of methoxy groups -OCH3 is 2.